The van der Waals surface area contributed by atoms with Gasteiger partial charge in [-0.3, -0.25) is 0 Å². The maximum Gasteiger partial charge on any atom is 0.0547 e. The van der Waals surface area contributed by atoms with Crippen LogP contribution in [0.4, 0.5) is 0 Å². The van der Waals surface area contributed by atoms with E-state index < -0.39 is 0 Å². The Morgan fingerprint density at radius 3 is 1.60 bits per heavy atom. The molecule has 0 saturated carbocycles. The molecule has 12 rings (SSSR count). The van der Waals surface area contributed by atoms with Crippen molar-refractivity contribution in [1.29, 1.82) is 0 Å². The minimum Gasteiger partial charge on any atom is -0.309 e. The van der Waals surface area contributed by atoms with Gasteiger partial charge in [-0.2, -0.15) is 0 Å². The minimum atomic E-state index is 1.18. The second-order valence-electron chi connectivity index (χ2n) is 14.2. The molecule has 0 amide bonds. The van der Waals surface area contributed by atoms with Crippen LogP contribution in [0.1, 0.15) is 0 Å². The van der Waals surface area contributed by atoms with Crippen LogP contribution in [0.15, 0.2) is 182 Å². The molecule has 3 heterocycles. The van der Waals surface area contributed by atoms with Gasteiger partial charge in [0.1, 0.15) is 0 Å². The Morgan fingerprint density at radius 1 is 0.283 bits per heavy atom. The quantitative estimate of drug-likeness (QED) is 0.175. The van der Waals surface area contributed by atoms with Crippen LogP contribution in [0.25, 0.3) is 108 Å². The average Bonchev–Trinajstić information content (AvgIpc) is 3.86. The van der Waals surface area contributed by atoms with Crippen molar-refractivity contribution in [3.05, 3.63) is 182 Å². The average molecular weight is 691 g/mol. The van der Waals surface area contributed by atoms with Gasteiger partial charge in [0.25, 0.3) is 0 Å². The normalized spacial score (nSPS) is 12.2. The number of hydrogen-bond donors (Lipinski definition) is 0. The van der Waals surface area contributed by atoms with E-state index in [1.807, 2.05) is 11.3 Å². The van der Waals surface area contributed by atoms with Crippen LogP contribution < -0.4 is 0 Å². The molecule has 53 heavy (non-hydrogen) atoms. The molecule has 0 atom stereocenters. The van der Waals surface area contributed by atoms with Gasteiger partial charge in [0.15, 0.2) is 0 Å². The molecule has 246 valence electrons. The number of rotatable bonds is 3. The lowest BCUT2D eigenvalue weighted by atomic mass is 10.00. The van der Waals surface area contributed by atoms with Crippen LogP contribution in [0, 0.1) is 0 Å². The summed E-state index contributed by atoms with van der Waals surface area (Å²) in [5.74, 6) is 0. The first-order chi connectivity index (χ1) is 26.2. The van der Waals surface area contributed by atoms with Crippen molar-refractivity contribution in [3.8, 4) is 22.5 Å². The van der Waals surface area contributed by atoms with Crippen molar-refractivity contribution in [2.24, 2.45) is 0 Å². The van der Waals surface area contributed by atoms with Crippen molar-refractivity contribution in [1.82, 2.24) is 9.13 Å². The van der Waals surface area contributed by atoms with E-state index in [4.69, 9.17) is 0 Å². The van der Waals surface area contributed by atoms with Crippen molar-refractivity contribution in [2.75, 3.05) is 0 Å². The van der Waals surface area contributed by atoms with Crippen molar-refractivity contribution in [2.45, 2.75) is 0 Å². The summed E-state index contributed by atoms with van der Waals surface area (Å²) in [7, 11) is 0. The van der Waals surface area contributed by atoms with E-state index in [1.54, 1.807) is 0 Å². The summed E-state index contributed by atoms with van der Waals surface area (Å²) in [5, 5.41) is 12.7. The maximum absolute atomic E-state index is 2.46. The van der Waals surface area contributed by atoms with E-state index in [0.717, 1.165) is 0 Å². The van der Waals surface area contributed by atoms with E-state index in [0.29, 0.717) is 0 Å². The van der Waals surface area contributed by atoms with E-state index in [2.05, 4.69) is 191 Å². The molecule has 0 aliphatic heterocycles. The van der Waals surface area contributed by atoms with Crippen molar-refractivity contribution < 1.29 is 0 Å². The fourth-order valence-corrected chi connectivity index (χ4v) is 9.90. The molecule has 0 fully saturated rings. The molecule has 0 radical (unpaired) electrons. The molecule has 0 aliphatic rings. The molecule has 0 bridgehead atoms. The minimum absolute atomic E-state index is 1.18. The second-order valence-corrected chi connectivity index (χ2v) is 15.3. The Hall–Kier alpha value is -6.68. The zero-order valence-electron chi connectivity index (χ0n) is 28.6. The van der Waals surface area contributed by atoms with Crippen LogP contribution in [-0.4, -0.2) is 9.13 Å². The van der Waals surface area contributed by atoms with E-state index in [-0.39, 0.29) is 0 Å². The summed E-state index contributed by atoms with van der Waals surface area (Å²) >= 11 is 1.87. The predicted molar refractivity (Wildman–Crippen MR) is 228 cm³/mol. The summed E-state index contributed by atoms with van der Waals surface area (Å²) in [5.41, 5.74) is 9.68. The number of thiophene rings is 1. The molecule has 3 aromatic heterocycles. The highest BCUT2D eigenvalue weighted by atomic mass is 32.1. The maximum atomic E-state index is 2.46. The highest BCUT2D eigenvalue weighted by Gasteiger charge is 2.18. The summed E-state index contributed by atoms with van der Waals surface area (Å²) in [6, 6.07) is 67.4. The van der Waals surface area contributed by atoms with Gasteiger partial charge >= 0.3 is 0 Å². The molecule has 0 unspecified atom stereocenters. The third-order valence-electron chi connectivity index (χ3n) is 11.3. The summed E-state index contributed by atoms with van der Waals surface area (Å²) in [4.78, 5) is 0. The number of aromatic nitrogens is 2. The third kappa shape index (κ3) is 4.26. The SMILES string of the molecule is c1ccc2cc(-n3c4ccccc4c4cc(-c5ccc6c(c5)c5cc7ccccc7cc5n6-c5ccc6c(c5)sc5ccccc56)ccc43)ccc2c1. The number of fused-ring (bicyclic) bond motifs is 11. The summed E-state index contributed by atoms with van der Waals surface area (Å²) < 4.78 is 7.52. The topological polar surface area (TPSA) is 9.86 Å². The van der Waals surface area contributed by atoms with Crippen molar-refractivity contribution >= 4 is 96.7 Å². The van der Waals surface area contributed by atoms with Crippen LogP contribution >= 0.6 is 11.3 Å². The molecule has 9 aromatic carbocycles. The van der Waals surface area contributed by atoms with Crippen LogP contribution in [-0.2, 0) is 0 Å². The summed E-state index contributed by atoms with van der Waals surface area (Å²) in [6.45, 7) is 0. The van der Waals surface area contributed by atoms with Gasteiger partial charge in [-0.1, -0.05) is 109 Å². The molecule has 3 heteroatoms. The van der Waals surface area contributed by atoms with Gasteiger partial charge in [-0.15, -0.1) is 11.3 Å². The second kappa shape index (κ2) is 10.9. The van der Waals surface area contributed by atoms with Gasteiger partial charge in [0.05, 0.1) is 22.1 Å². The Bertz CT molecular complexity index is 3470. The molecular weight excluding hydrogens is 661 g/mol. The van der Waals surface area contributed by atoms with Crippen LogP contribution in [0.3, 0.4) is 0 Å². The molecule has 0 saturated heterocycles. The van der Waals surface area contributed by atoms with Gasteiger partial charge in [-0.05, 0) is 105 Å². The van der Waals surface area contributed by atoms with E-state index in [1.165, 1.54) is 108 Å². The number of hydrogen-bond acceptors (Lipinski definition) is 1. The molecule has 0 N–H and O–H groups in total. The highest BCUT2D eigenvalue weighted by molar-refractivity contribution is 7.25. The number of benzene rings is 9. The van der Waals surface area contributed by atoms with Crippen molar-refractivity contribution in [3.63, 3.8) is 0 Å². The number of nitrogens with zero attached hydrogens (tertiary/aromatic N) is 2. The Morgan fingerprint density at radius 2 is 0.811 bits per heavy atom. The molecule has 0 spiro atoms. The van der Waals surface area contributed by atoms with E-state index >= 15 is 0 Å². The predicted octanol–water partition coefficient (Wildman–Crippen LogP) is 14.2. The Labute approximate surface area is 309 Å². The Kier molecular flexibility index (Phi) is 5.96. The molecule has 0 aliphatic carbocycles. The fraction of sp³-hybridized carbons (Fsp3) is 0. The zero-order valence-corrected chi connectivity index (χ0v) is 29.4. The lowest BCUT2D eigenvalue weighted by Gasteiger charge is -2.10. The smallest absolute Gasteiger partial charge is 0.0547 e. The standard InChI is InChI=1S/C50H30N2S/c1-2-10-32-25-37(20-17-31(32)9-1)51-45-15-7-5-13-39(45)42-27-35(18-23-46(42)51)36-19-24-47-43(28-36)44-26-33-11-3-4-12-34(33)29-48(44)52(47)38-21-22-41-40-14-6-8-16-49(40)53-50(41)30-38/h1-30H. The van der Waals surface area contributed by atoms with Gasteiger partial charge in [-0.25, -0.2) is 0 Å². The first kappa shape index (κ1) is 29.0. The first-order valence-corrected chi connectivity index (χ1v) is 19.0. The van der Waals surface area contributed by atoms with Crippen LogP contribution in [0.2, 0.25) is 0 Å². The van der Waals surface area contributed by atoms with Gasteiger partial charge < -0.3 is 9.13 Å². The Balaban J connectivity index is 1.07. The van der Waals surface area contributed by atoms with Crippen LogP contribution in [0.5, 0.6) is 0 Å². The molecular formula is C50H30N2S. The van der Waals surface area contributed by atoms with Gasteiger partial charge in [0, 0.05) is 53.1 Å². The largest absolute Gasteiger partial charge is 0.309 e. The lowest BCUT2D eigenvalue weighted by molar-refractivity contribution is 1.19. The summed E-state index contributed by atoms with van der Waals surface area (Å²) in [6.07, 6.45) is 0. The number of para-hydroxylation sites is 1. The first-order valence-electron chi connectivity index (χ1n) is 18.2. The zero-order chi connectivity index (χ0) is 34.6. The molecule has 12 aromatic rings. The lowest BCUT2D eigenvalue weighted by Crippen LogP contribution is -1.94. The third-order valence-corrected chi connectivity index (χ3v) is 12.4. The fourth-order valence-electron chi connectivity index (χ4n) is 8.76. The van der Waals surface area contributed by atoms with Gasteiger partial charge in [0.2, 0.25) is 0 Å². The van der Waals surface area contributed by atoms with E-state index in [9.17, 15) is 0 Å². The molecule has 2 nitrogen and oxygen atoms in total. The highest BCUT2D eigenvalue weighted by Crippen LogP contribution is 2.41. The monoisotopic (exact) mass is 690 g/mol.